The van der Waals surface area contributed by atoms with E-state index in [0.717, 1.165) is 5.75 Å². The zero-order valence-electron chi connectivity index (χ0n) is 12.7. The fraction of sp³-hybridized carbons (Fsp3) is 1.00. The second-order valence-corrected chi connectivity index (χ2v) is 35.3. The van der Waals surface area contributed by atoms with Crippen molar-refractivity contribution in [2.45, 2.75) is 70.7 Å². The highest BCUT2D eigenvalue weighted by Gasteiger charge is 2.61. The fourth-order valence-corrected chi connectivity index (χ4v) is 34.3. The Kier molecular flexibility index (Phi) is 4.53. The topological polar surface area (TPSA) is 9.23 Å². The first-order valence-electron chi connectivity index (χ1n) is 6.79. The first-order valence-corrected chi connectivity index (χ1v) is 18.5. The van der Waals surface area contributed by atoms with Gasteiger partial charge in [-0.2, -0.15) is 12.6 Å². The van der Waals surface area contributed by atoms with Crippen LogP contribution in [0.2, 0.25) is 45.3 Å². The van der Waals surface area contributed by atoms with Crippen molar-refractivity contribution in [3.8, 4) is 0 Å². The van der Waals surface area contributed by atoms with Crippen molar-refractivity contribution in [3.63, 3.8) is 0 Å². The molecule has 1 unspecified atom stereocenters. The predicted molar refractivity (Wildman–Crippen MR) is 89.8 cm³/mol. The molecule has 0 aromatic heterocycles. The zero-order valence-corrected chi connectivity index (χ0v) is 16.6. The Labute approximate surface area is 116 Å². The van der Waals surface area contributed by atoms with E-state index in [4.69, 9.17) is 4.43 Å². The molecule has 0 bridgehead atoms. The Morgan fingerprint density at radius 3 is 2.06 bits per heavy atom. The van der Waals surface area contributed by atoms with Crippen LogP contribution in [-0.2, 0) is 4.43 Å². The Morgan fingerprint density at radius 2 is 1.65 bits per heavy atom. The molecule has 1 aliphatic rings. The van der Waals surface area contributed by atoms with Gasteiger partial charge in [-0.3, -0.25) is 0 Å². The molecule has 1 saturated heterocycles. The third kappa shape index (κ3) is 2.94. The summed E-state index contributed by atoms with van der Waals surface area (Å²) in [6, 6.07) is 1.36. The number of hydrogen-bond acceptors (Lipinski definition) is 2. The molecule has 1 atom stereocenters. The molecule has 5 heteroatoms. The third-order valence-electron chi connectivity index (χ3n) is 5.38. The van der Waals surface area contributed by atoms with Crippen molar-refractivity contribution in [3.05, 3.63) is 0 Å². The van der Waals surface area contributed by atoms with Gasteiger partial charge < -0.3 is 4.43 Å². The van der Waals surface area contributed by atoms with Crippen LogP contribution in [0, 0.1) is 0 Å². The number of hydrogen-bond donors (Lipinski definition) is 1. The summed E-state index contributed by atoms with van der Waals surface area (Å²) in [6.07, 6.45) is 2.39. The quantitative estimate of drug-likeness (QED) is 0.605. The molecule has 0 N–H and O–H groups in total. The van der Waals surface area contributed by atoms with Crippen LogP contribution in [-0.4, -0.2) is 33.9 Å². The molecule has 0 radical (unpaired) electrons. The standard InChI is InChI=1S/C12H30OSSi3/c1-12(9-8-10-14)11-15(2,3)17(6,7)16(4,5)13-12/h14H,8-11H2,1-7H3. The second kappa shape index (κ2) is 4.81. The molecule has 0 spiro atoms. The van der Waals surface area contributed by atoms with Crippen LogP contribution in [0.3, 0.4) is 0 Å². The molecule has 1 heterocycles. The molecule has 0 aromatic rings. The Morgan fingerprint density at radius 1 is 1.12 bits per heavy atom. The van der Waals surface area contributed by atoms with E-state index < -0.39 is 22.5 Å². The minimum atomic E-state index is -1.46. The van der Waals surface area contributed by atoms with Gasteiger partial charge in [-0.05, 0) is 44.7 Å². The van der Waals surface area contributed by atoms with Gasteiger partial charge in [0.1, 0.15) is 0 Å². The van der Waals surface area contributed by atoms with E-state index in [0.29, 0.717) is 0 Å². The maximum absolute atomic E-state index is 6.72. The summed E-state index contributed by atoms with van der Waals surface area (Å²) in [5.41, 5.74) is 0.163. The highest BCUT2D eigenvalue weighted by atomic mass is 32.1. The van der Waals surface area contributed by atoms with Gasteiger partial charge in [-0.15, -0.1) is 0 Å². The van der Waals surface area contributed by atoms with Crippen LogP contribution in [0.5, 0.6) is 0 Å². The molecule has 1 rings (SSSR count). The molecule has 1 aliphatic heterocycles. The Hall–Kier alpha value is 0.961. The molecular weight excluding hydrogens is 276 g/mol. The van der Waals surface area contributed by atoms with E-state index in [1.54, 1.807) is 0 Å². The average molecular weight is 307 g/mol. The molecule has 0 amide bonds. The maximum Gasteiger partial charge on any atom is 0.172 e. The molecule has 0 aromatic carbocycles. The van der Waals surface area contributed by atoms with E-state index in [9.17, 15) is 0 Å². The van der Waals surface area contributed by atoms with Crippen molar-refractivity contribution >= 4 is 35.2 Å². The maximum atomic E-state index is 6.72. The smallest absolute Gasteiger partial charge is 0.172 e. The van der Waals surface area contributed by atoms with Crippen molar-refractivity contribution in [2.24, 2.45) is 0 Å². The van der Waals surface area contributed by atoms with Crippen molar-refractivity contribution < 1.29 is 4.43 Å². The van der Waals surface area contributed by atoms with E-state index in [1.807, 2.05) is 0 Å². The zero-order chi connectivity index (χ0) is 13.5. The van der Waals surface area contributed by atoms with Crippen molar-refractivity contribution in [1.82, 2.24) is 0 Å². The molecule has 102 valence electrons. The molecule has 1 nitrogen and oxygen atoms in total. The number of thiol groups is 1. The van der Waals surface area contributed by atoms with Gasteiger partial charge in [0.15, 0.2) is 7.83 Å². The lowest BCUT2D eigenvalue weighted by molar-refractivity contribution is 0.0905. The molecule has 0 aliphatic carbocycles. The summed E-state index contributed by atoms with van der Waals surface area (Å²) in [5.74, 6) is 0.990. The lowest BCUT2D eigenvalue weighted by Crippen LogP contribution is -2.78. The van der Waals surface area contributed by atoms with Gasteiger partial charge in [-0.25, -0.2) is 0 Å². The summed E-state index contributed by atoms with van der Waals surface area (Å²) in [7, 11) is -3.69. The molecule has 1 fully saturated rings. The van der Waals surface area contributed by atoms with Gasteiger partial charge >= 0.3 is 0 Å². The monoisotopic (exact) mass is 306 g/mol. The SMILES string of the molecule is CC1(CCCS)C[Si](C)(C)[Si](C)(C)[Si](C)(C)O1. The average Bonchev–Trinajstić information content (AvgIpc) is 2.10. The Bertz CT molecular complexity index is 269. The van der Waals surface area contributed by atoms with Crippen LogP contribution in [0.15, 0.2) is 0 Å². The minimum absolute atomic E-state index is 0.163. The van der Waals surface area contributed by atoms with Gasteiger partial charge in [-0.1, -0.05) is 26.2 Å². The summed E-state index contributed by atoms with van der Waals surface area (Å²) >= 11 is 4.35. The molecular formula is C12H30OSSi3. The lowest BCUT2D eigenvalue weighted by Gasteiger charge is -2.58. The van der Waals surface area contributed by atoms with Gasteiger partial charge in [0, 0.05) is 7.59 Å². The van der Waals surface area contributed by atoms with Crippen molar-refractivity contribution in [2.75, 3.05) is 5.75 Å². The van der Waals surface area contributed by atoms with Gasteiger partial charge in [0.05, 0.1) is 12.7 Å². The molecule has 17 heavy (non-hydrogen) atoms. The van der Waals surface area contributed by atoms with Crippen LogP contribution in [0.4, 0.5) is 0 Å². The van der Waals surface area contributed by atoms with Crippen LogP contribution >= 0.6 is 12.6 Å². The summed E-state index contributed by atoms with van der Waals surface area (Å²) in [4.78, 5) is 0. The summed E-state index contributed by atoms with van der Waals surface area (Å²) < 4.78 is 6.72. The first-order chi connectivity index (χ1) is 7.47. The minimum Gasteiger partial charge on any atom is -0.415 e. The van der Waals surface area contributed by atoms with Gasteiger partial charge in [0.25, 0.3) is 0 Å². The largest absolute Gasteiger partial charge is 0.415 e. The van der Waals surface area contributed by atoms with Crippen LogP contribution in [0.25, 0.3) is 0 Å². The van der Waals surface area contributed by atoms with Crippen molar-refractivity contribution in [1.29, 1.82) is 0 Å². The predicted octanol–water partition coefficient (Wildman–Crippen LogP) is 4.26. The van der Waals surface area contributed by atoms with Crippen LogP contribution in [0.1, 0.15) is 19.8 Å². The molecule has 0 saturated carbocycles. The Balaban J connectivity index is 2.99. The lowest BCUT2D eigenvalue weighted by atomic mass is 10.0. The summed E-state index contributed by atoms with van der Waals surface area (Å²) in [6.45, 7) is 17.8. The fourth-order valence-electron chi connectivity index (χ4n) is 3.34. The highest BCUT2D eigenvalue weighted by molar-refractivity contribution is 7.80. The number of rotatable bonds is 3. The van der Waals surface area contributed by atoms with E-state index in [-0.39, 0.29) is 5.60 Å². The first kappa shape index (κ1) is 16.0. The second-order valence-electron chi connectivity index (χ2n) is 7.58. The highest BCUT2D eigenvalue weighted by Crippen LogP contribution is 2.45. The third-order valence-corrected chi connectivity index (χ3v) is 46.3. The van der Waals surface area contributed by atoms with E-state index in [1.165, 1.54) is 18.9 Å². The van der Waals surface area contributed by atoms with E-state index in [2.05, 4.69) is 58.8 Å². The van der Waals surface area contributed by atoms with E-state index >= 15 is 0 Å². The summed E-state index contributed by atoms with van der Waals surface area (Å²) in [5, 5.41) is 0. The van der Waals surface area contributed by atoms with Gasteiger partial charge in [0.2, 0.25) is 0 Å². The normalized spacial score (nSPS) is 34.6. The van der Waals surface area contributed by atoms with Crippen LogP contribution < -0.4 is 0 Å².